The summed E-state index contributed by atoms with van der Waals surface area (Å²) in [5.74, 6) is 1.99. The largest absolute Gasteiger partial charge is 0.495 e. The van der Waals surface area contributed by atoms with Gasteiger partial charge in [-0.2, -0.15) is 0 Å². The van der Waals surface area contributed by atoms with E-state index in [9.17, 15) is 0 Å². The molecule has 0 aliphatic carbocycles. The Morgan fingerprint density at radius 2 is 2.16 bits per heavy atom. The van der Waals surface area contributed by atoms with Crippen LogP contribution in [0.4, 0.5) is 5.69 Å². The first-order valence-corrected chi connectivity index (χ1v) is 8.18. The Labute approximate surface area is 169 Å². The molecule has 5 nitrogen and oxygen atoms in total. The molecule has 0 bridgehead atoms. The van der Waals surface area contributed by atoms with E-state index in [1.807, 2.05) is 12.1 Å². The molecule has 25 heavy (non-hydrogen) atoms. The smallest absolute Gasteiger partial charge is 0.193 e. The highest BCUT2D eigenvalue weighted by Crippen LogP contribution is 2.27. The minimum atomic E-state index is 0. The molecular weight excluding hydrogens is 453 g/mol. The van der Waals surface area contributed by atoms with E-state index in [0.717, 1.165) is 30.9 Å². The highest BCUT2D eigenvalue weighted by molar-refractivity contribution is 14.0. The highest BCUT2D eigenvalue weighted by Gasteiger charge is 2.11. The van der Waals surface area contributed by atoms with Crippen LogP contribution >= 0.6 is 35.6 Å². The zero-order valence-electron chi connectivity index (χ0n) is 13.9. The molecule has 134 valence electrons. The van der Waals surface area contributed by atoms with Crippen molar-refractivity contribution in [1.29, 1.82) is 0 Å². The van der Waals surface area contributed by atoms with Crippen molar-refractivity contribution in [3.05, 3.63) is 52.5 Å². The summed E-state index contributed by atoms with van der Waals surface area (Å²) in [6, 6.07) is 11.7. The van der Waals surface area contributed by atoms with Gasteiger partial charge in [-0.25, -0.2) is 0 Å². The van der Waals surface area contributed by atoms with Crippen LogP contribution in [0.1, 0.15) is 11.1 Å². The standard InChI is InChI=1S/C18H20ClN3O2.HI/c1-23-17-5-3-14(11-15(17)19)22-18(20)21-8-6-12-2-4-16-13(10-12)7-9-24-16;/h2-5,10-11H,6-9H2,1H3,(H3,20,21,22);1H. The van der Waals surface area contributed by atoms with Crippen LogP contribution in [0.25, 0.3) is 0 Å². The van der Waals surface area contributed by atoms with E-state index in [1.165, 1.54) is 11.1 Å². The number of nitrogens with zero attached hydrogens (tertiary/aromatic N) is 1. The van der Waals surface area contributed by atoms with Crippen LogP contribution in [-0.4, -0.2) is 26.2 Å². The van der Waals surface area contributed by atoms with Crippen LogP contribution in [-0.2, 0) is 12.8 Å². The first-order chi connectivity index (χ1) is 11.7. The summed E-state index contributed by atoms with van der Waals surface area (Å²) in [7, 11) is 1.58. The zero-order chi connectivity index (χ0) is 16.9. The van der Waals surface area contributed by atoms with Crippen LogP contribution in [0.2, 0.25) is 5.02 Å². The summed E-state index contributed by atoms with van der Waals surface area (Å²) < 4.78 is 10.6. The van der Waals surface area contributed by atoms with Gasteiger partial charge in [0, 0.05) is 18.7 Å². The second kappa shape index (κ2) is 9.15. The van der Waals surface area contributed by atoms with Crippen LogP contribution in [0.3, 0.4) is 0 Å². The summed E-state index contributed by atoms with van der Waals surface area (Å²) in [5.41, 5.74) is 9.21. The van der Waals surface area contributed by atoms with E-state index in [-0.39, 0.29) is 24.0 Å². The minimum Gasteiger partial charge on any atom is -0.495 e. The first-order valence-electron chi connectivity index (χ1n) is 7.81. The Balaban J connectivity index is 0.00000225. The minimum absolute atomic E-state index is 0. The Morgan fingerprint density at radius 3 is 2.92 bits per heavy atom. The molecule has 7 heteroatoms. The van der Waals surface area contributed by atoms with Gasteiger partial charge in [0.25, 0.3) is 0 Å². The second-order valence-electron chi connectivity index (χ2n) is 5.53. The van der Waals surface area contributed by atoms with Crippen molar-refractivity contribution in [2.24, 2.45) is 10.7 Å². The number of hydrogen-bond acceptors (Lipinski definition) is 3. The number of guanidine groups is 1. The second-order valence-corrected chi connectivity index (χ2v) is 5.94. The number of aliphatic imine (C=N–C) groups is 1. The first kappa shape index (κ1) is 19.7. The molecule has 1 aliphatic rings. The Hall–Kier alpha value is -1.67. The number of benzene rings is 2. The van der Waals surface area contributed by atoms with Gasteiger partial charge in [-0.05, 0) is 41.8 Å². The molecule has 0 amide bonds. The van der Waals surface area contributed by atoms with E-state index in [0.29, 0.717) is 23.3 Å². The van der Waals surface area contributed by atoms with Crippen molar-refractivity contribution >= 4 is 47.2 Å². The highest BCUT2D eigenvalue weighted by atomic mass is 127. The number of rotatable bonds is 5. The van der Waals surface area contributed by atoms with Gasteiger partial charge in [0.15, 0.2) is 5.96 Å². The lowest BCUT2D eigenvalue weighted by atomic mass is 10.1. The molecule has 0 radical (unpaired) electrons. The van der Waals surface area contributed by atoms with Gasteiger partial charge in [-0.3, -0.25) is 4.99 Å². The number of fused-ring (bicyclic) bond motifs is 1. The average molecular weight is 474 g/mol. The molecule has 3 rings (SSSR count). The lowest BCUT2D eigenvalue weighted by Crippen LogP contribution is -2.23. The van der Waals surface area contributed by atoms with Crippen molar-refractivity contribution in [2.75, 3.05) is 25.6 Å². The number of hydrogen-bond donors (Lipinski definition) is 2. The molecule has 0 saturated carbocycles. The molecule has 1 aliphatic heterocycles. The van der Waals surface area contributed by atoms with Gasteiger partial charge in [-0.1, -0.05) is 23.7 Å². The van der Waals surface area contributed by atoms with Gasteiger partial charge >= 0.3 is 0 Å². The monoisotopic (exact) mass is 473 g/mol. The van der Waals surface area contributed by atoms with E-state index >= 15 is 0 Å². The molecular formula is C18H21ClIN3O2. The van der Waals surface area contributed by atoms with E-state index in [1.54, 1.807) is 19.2 Å². The van der Waals surface area contributed by atoms with Crippen LogP contribution in [0.15, 0.2) is 41.4 Å². The summed E-state index contributed by atoms with van der Waals surface area (Å²) in [6.45, 7) is 1.39. The molecule has 0 unspecified atom stereocenters. The maximum atomic E-state index is 6.09. The fraction of sp³-hybridized carbons (Fsp3) is 0.278. The molecule has 3 N–H and O–H groups in total. The van der Waals surface area contributed by atoms with Gasteiger partial charge in [0.1, 0.15) is 11.5 Å². The summed E-state index contributed by atoms with van der Waals surface area (Å²) in [5, 5.41) is 3.55. The molecule has 0 fully saturated rings. The SMILES string of the molecule is COc1ccc(NC(N)=NCCc2ccc3c(c2)CCO3)cc1Cl.I. The number of ether oxygens (including phenoxy) is 2. The van der Waals surface area contributed by atoms with Crippen molar-refractivity contribution < 1.29 is 9.47 Å². The fourth-order valence-electron chi connectivity index (χ4n) is 2.63. The van der Waals surface area contributed by atoms with Crippen LogP contribution in [0, 0.1) is 0 Å². The van der Waals surface area contributed by atoms with Gasteiger partial charge in [0.2, 0.25) is 0 Å². The molecule has 2 aromatic carbocycles. The van der Waals surface area contributed by atoms with E-state index < -0.39 is 0 Å². The van der Waals surface area contributed by atoms with E-state index in [4.69, 9.17) is 26.8 Å². The number of halogens is 2. The molecule has 1 heterocycles. The third kappa shape index (κ3) is 5.15. The Morgan fingerprint density at radius 1 is 1.32 bits per heavy atom. The summed E-state index contributed by atoms with van der Waals surface area (Å²) >= 11 is 6.09. The number of nitrogens with two attached hydrogens (primary N) is 1. The topological polar surface area (TPSA) is 68.9 Å². The molecule has 2 aromatic rings. The maximum absolute atomic E-state index is 6.09. The van der Waals surface area contributed by atoms with Crippen molar-refractivity contribution in [3.63, 3.8) is 0 Å². The van der Waals surface area contributed by atoms with Crippen molar-refractivity contribution in [1.82, 2.24) is 0 Å². The normalized spacial score (nSPS) is 12.8. The number of nitrogens with one attached hydrogen (secondary N) is 1. The molecule has 0 aromatic heterocycles. The number of anilines is 1. The van der Waals surface area contributed by atoms with Crippen LogP contribution in [0.5, 0.6) is 11.5 Å². The third-order valence-electron chi connectivity index (χ3n) is 3.86. The Kier molecular flexibility index (Phi) is 7.19. The molecule has 0 spiro atoms. The van der Waals surface area contributed by atoms with Gasteiger partial charge in [-0.15, -0.1) is 24.0 Å². The molecule has 0 saturated heterocycles. The lowest BCUT2D eigenvalue weighted by Gasteiger charge is -2.08. The van der Waals surface area contributed by atoms with Gasteiger partial charge < -0.3 is 20.5 Å². The van der Waals surface area contributed by atoms with Crippen molar-refractivity contribution in [2.45, 2.75) is 12.8 Å². The average Bonchev–Trinajstić information content (AvgIpc) is 3.03. The maximum Gasteiger partial charge on any atom is 0.193 e. The lowest BCUT2D eigenvalue weighted by molar-refractivity contribution is 0.357. The predicted octanol–water partition coefficient (Wildman–Crippen LogP) is 3.87. The summed E-state index contributed by atoms with van der Waals surface area (Å²) in [6.07, 6.45) is 1.81. The summed E-state index contributed by atoms with van der Waals surface area (Å²) in [4.78, 5) is 4.36. The third-order valence-corrected chi connectivity index (χ3v) is 4.16. The number of methoxy groups -OCH3 is 1. The van der Waals surface area contributed by atoms with Crippen molar-refractivity contribution in [3.8, 4) is 11.5 Å². The van der Waals surface area contributed by atoms with E-state index in [2.05, 4.69) is 22.4 Å². The van der Waals surface area contributed by atoms with Crippen LogP contribution < -0.4 is 20.5 Å². The quantitative estimate of drug-likeness (QED) is 0.393. The van der Waals surface area contributed by atoms with Gasteiger partial charge in [0.05, 0.1) is 18.7 Å². The predicted molar refractivity (Wildman–Crippen MR) is 113 cm³/mol. The Bertz CT molecular complexity index is 768. The zero-order valence-corrected chi connectivity index (χ0v) is 17.0. The fourth-order valence-corrected chi connectivity index (χ4v) is 2.89. The molecule has 0 atom stereocenters.